The van der Waals surface area contributed by atoms with E-state index in [1.165, 1.54) is 17.2 Å². The molecule has 0 unspecified atom stereocenters. The first-order valence-electron chi connectivity index (χ1n) is 6.83. The number of fused-ring (bicyclic) bond motifs is 2. The fourth-order valence-corrected chi connectivity index (χ4v) is 2.79. The van der Waals surface area contributed by atoms with Gasteiger partial charge in [-0.2, -0.15) is 0 Å². The number of hydrogen-bond donors (Lipinski definition) is 1. The van der Waals surface area contributed by atoms with Crippen LogP contribution in [0.15, 0.2) is 36.4 Å². The van der Waals surface area contributed by atoms with Crippen LogP contribution in [0.3, 0.4) is 0 Å². The van der Waals surface area contributed by atoms with Crippen molar-refractivity contribution in [2.45, 2.75) is 19.3 Å². The lowest BCUT2D eigenvalue weighted by Gasteiger charge is -2.18. The smallest absolute Gasteiger partial charge is 0.395 e. The summed E-state index contributed by atoms with van der Waals surface area (Å²) in [6.07, 6.45) is -2.59. The number of hydrogen-bond acceptors (Lipinski definition) is 3. The van der Waals surface area contributed by atoms with Crippen molar-refractivity contribution in [2.24, 2.45) is 0 Å². The Balaban J connectivity index is 1.72. The summed E-state index contributed by atoms with van der Waals surface area (Å²) in [4.78, 5) is 0. The summed E-state index contributed by atoms with van der Waals surface area (Å²) in [5.41, 5.74) is 4.43. The normalized spacial score (nSPS) is 18.4. The zero-order valence-corrected chi connectivity index (χ0v) is 11.2. The second-order valence-corrected chi connectivity index (χ2v) is 5.24. The number of alkyl halides is 2. The Morgan fingerprint density at radius 2 is 1.67 bits per heavy atom. The predicted molar refractivity (Wildman–Crippen MR) is 73.5 cm³/mol. The zero-order valence-electron chi connectivity index (χ0n) is 11.2. The summed E-state index contributed by atoms with van der Waals surface area (Å²) in [7, 11) is 0. The summed E-state index contributed by atoms with van der Waals surface area (Å²) in [5, 5.41) is 3.32. The maximum Gasteiger partial charge on any atom is 0.586 e. The number of rotatable bonds is 1. The summed E-state index contributed by atoms with van der Waals surface area (Å²) >= 11 is 0. The molecule has 2 aliphatic heterocycles. The summed E-state index contributed by atoms with van der Waals surface area (Å²) in [5.74, 6) is 0.155. The average molecular weight is 289 g/mol. The Morgan fingerprint density at radius 3 is 2.57 bits per heavy atom. The Bertz CT molecular complexity index is 715. The second-order valence-electron chi connectivity index (χ2n) is 5.24. The van der Waals surface area contributed by atoms with Gasteiger partial charge in [0.15, 0.2) is 11.5 Å². The van der Waals surface area contributed by atoms with Gasteiger partial charge >= 0.3 is 6.29 Å². The molecule has 0 saturated heterocycles. The van der Waals surface area contributed by atoms with E-state index in [0.29, 0.717) is 0 Å². The van der Waals surface area contributed by atoms with E-state index in [1.807, 2.05) is 6.07 Å². The average Bonchev–Trinajstić information content (AvgIpc) is 2.79. The highest BCUT2D eigenvalue weighted by Crippen LogP contribution is 2.43. The predicted octanol–water partition coefficient (Wildman–Crippen LogP) is 3.32. The number of nitrogens with one attached hydrogen (secondary N) is 1. The highest BCUT2D eigenvalue weighted by molar-refractivity contribution is 5.69. The minimum Gasteiger partial charge on any atom is -0.395 e. The molecule has 108 valence electrons. The van der Waals surface area contributed by atoms with Gasteiger partial charge in [-0.05, 0) is 47.4 Å². The Kier molecular flexibility index (Phi) is 2.65. The minimum absolute atomic E-state index is 0.0749. The van der Waals surface area contributed by atoms with Crippen molar-refractivity contribution in [3.63, 3.8) is 0 Å². The molecule has 0 saturated carbocycles. The zero-order chi connectivity index (χ0) is 14.4. The molecule has 3 nitrogen and oxygen atoms in total. The van der Waals surface area contributed by atoms with E-state index in [-0.39, 0.29) is 11.5 Å². The lowest BCUT2D eigenvalue weighted by atomic mass is 9.95. The summed E-state index contributed by atoms with van der Waals surface area (Å²) in [6.45, 7) is 1.84. The lowest BCUT2D eigenvalue weighted by molar-refractivity contribution is -0.286. The van der Waals surface area contributed by atoms with Crippen LogP contribution in [0.4, 0.5) is 8.78 Å². The van der Waals surface area contributed by atoms with Crippen LogP contribution in [0.1, 0.15) is 11.1 Å². The maximum absolute atomic E-state index is 13.0. The molecule has 0 radical (unpaired) electrons. The molecule has 5 heteroatoms. The number of benzene rings is 2. The van der Waals surface area contributed by atoms with Crippen molar-refractivity contribution in [3.05, 3.63) is 47.5 Å². The maximum atomic E-state index is 13.0. The van der Waals surface area contributed by atoms with Gasteiger partial charge in [0, 0.05) is 6.54 Å². The van der Waals surface area contributed by atoms with Gasteiger partial charge in [0.05, 0.1) is 0 Å². The fraction of sp³-hybridized carbons (Fsp3) is 0.250. The van der Waals surface area contributed by atoms with Crippen LogP contribution in [0, 0.1) is 0 Å². The fourth-order valence-electron chi connectivity index (χ4n) is 2.79. The van der Waals surface area contributed by atoms with Crippen molar-refractivity contribution in [1.82, 2.24) is 5.32 Å². The van der Waals surface area contributed by atoms with Crippen LogP contribution in [0.25, 0.3) is 11.1 Å². The molecular formula is C16H13F2NO2. The van der Waals surface area contributed by atoms with Crippen LogP contribution >= 0.6 is 0 Å². The standard InChI is InChI=1S/C16H13F2NO2/c17-16(18)20-14-4-3-11(8-15(14)21-16)10-1-2-13-9-19-6-5-12(13)7-10/h1-4,7-8,19H,5-6,9H2. The van der Waals surface area contributed by atoms with E-state index in [0.717, 1.165) is 30.6 Å². The molecule has 1 N–H and O–H groups in total. The van der Waals surface area contributed by atoms with Gasteiger partial charge < -0.3 is 14.8 Å². The molecule has 4 rings (SSSR count). The molecule has 2 aromatic carbocycles. The van der Waals surface area contributed by atoms with Crippen molar-refractivity contribution in [1.29, 1.82) is 0 Å². The highest BCUT2D eigenvalue weighted by atomic mass is 19.3. The molecule has 2 aliphatic rings. The molecule has 0 bridgehead atoms. The molecule has 2 aromatic rings. The van der Waals surface area contributed by atoms with Crippen LogP contribution < -0.4 is 14.8 Å². The molecule has 0 atom stereocenters. The molecule has 0 spiro atoms. The van der Waals surface area contributed by atoms with Crippen molar-refractivity contribution in [3.8, 4) is 22.6 Å². The molecule has 21 heavy (non-hydrogen) atoms. The van der Waals surface area contributed by atoms with Crippen LogP contribution in [-0.2, 0) is 13.0 Å². The highest BCUT2D eigenvalue weighted by Gasteiger charge is 2.43. The largest absolute Gasteiger partial charge is 0.586 e. The summed E-state index contributed by atoms with van der Waals surface area (Å²) < 4.78 is 35.0. The molecular weight excluding hydrogens is 276 g/mol. The van der Waals surface area contributed by atoms with E-state index >= 15 is 0 Å². The quantitative estimate of drug-likeness (QED) is 0.873. The van der Waals surface area contributed by atoms with Gasteiger partial charge in [-0.15, -0.1) is 8.78 Å². The van der Waals surface area contributed by atoms with E-state index in [2.05, 4.69) is 26.9 Å². The van der Waals surface area contributed by atoms with Gasteiger partial charge in [-0.1, -0.05) is 24.3 Å². The molecule has 2 heterocycles. The van der Waals surface area contributed by atoms with Crippen LogP contribution in [-0.4, -0.2) is 12.8 Å². The number of halogens is 2. The van der Waals surface area contributed by atoms with E-state index in [1.54, 1.807) is 12.1 Å². The molecule has 0 amide bonds. The van der Waals surface area contributed by atoms with Gasteiger partial charge in [-0.3, -0.25) is 0 Å². The van der Waals surface area contributed by atoms with Gasteiger partial charge in [0.25, 0.3) is 0 Å². The Labute approximate surface area is 120 Å². The third-order valence-electron chi connectivity index (χ3n) is 3.83. The first kappa shape index (κ1) is 12.6. The Morgan fingerprint density at radius 1 is 0.905 bits per heavy atom. The SMILES string of the molecule is FC1(F)Oc2ccc(-c3ccc4c(c3)CCNC4)cc2O1. The van der Waals surface area contributed by atoms with E-state index in [9.17, 15) is 8.78 Å². The second kappa shape index (κ2) is 4.43. The Hall–Kier alpha value is -2.14. The van der Waals surface area contributed by atoms with E-state index in [4.69, 9.17) is 0 Å². The topological polar surface area (TPSA) is 30.5 Å². The van der Waals surface area contributed by atoms with Crippen molar-refractivity contribution < 1.29 is 18.3 Å². The molecule has 0 aromatic heterocycles. The molecule has 0 fully saturated rings. The third kappa shape index (κ3) is 2.23. The molecule has 0 aliphatic carbocycles. The third-order valence-corrected chi connectivity index (χ3v) is 3.83. The van der Waals surface area contributed by atoms with Crippen molar-refractivity contribution >= 4 is 0 Å². The van der Waals surface area contributed by atoms with Crippen LogP contribution in [0.2, 0.25) is 0 Å². The first-order chi connectivity index (χ1) is 10.1. The van der Waals surface area contributed by atoms with E-state index < -0.39 is 6.29 Å². The first-order valence-corrected chi connectivity index (χ1v) is 6.83. The van der Waals surface area contributed by atoms with Gasteiger partial charge in [-0.25, -0.2) is 0 Å². The monoisotopic (exact) mass is 289 g/mol. The number of ether oxygens (including phenoxy) is 2. The summed E-state index contributed by atoms with van der Waals surface area (Å²) in [6, 6.07) is 11.1. The van der Waals surface area contributed by atoms with Gasteiger partial charge in [0.2, 0.25) is 0 Å². The van der Waals surface area contributed by atoms with Crippen molar-refractivity contribution in [2.75, 3.05) is 6.54 Å². The van der Waals surface area contributed by atoms with Crippen LogP contribution in [0.5, 0.6) is 11.5 Å². The minimum atomic E-state index is -3.57. The lowest BCUT2D eigenvalue weighted by Crippen LogP contribution is -2.25. The van der Waals surface area contributed by atoms with Gasteiger partial charge in [0.1, 0.15) is 0 Å².